The molecule has 1 fully saturated rings. The summed E-state index contributed by atoms with van der Waals surface area (Å²) in [6.45, 7) is 1.04. The van der Waals surface area contributed by atoms with Gasteiger partial charge in [-0.25, -0.2) is 0 Å². The third kappa shape index (κ3) is 0.422. The molecule has 0 radical (unpaired) electrons. The predicted octanol–water partition coefficient (Wildman–Crippen LogP) is 0.0610. The van der Waals surface area contributed by atoms with E-state index in [9.17, 15) is 0 Å². The molecule has 0 aromatic carbocycles. The molecule has 0 bridgehead atoms. The minimum atomic E-state index is 0.611. The fourth-order valence-electron chi connectivity index (χ4n) is 0.765. The highest BCUT2D eigenvalue weighted by molar-refractivity contribution is 8.01. The van der Waals surface area contributed by atoms with Gasteiger partial charge in [0.05, 0.1) is 17.0 Å². The van der Waals surface area contributed by atoms with Crippen LogP contribution in [-0.2, 0) is 0 Å². The summed E-state index contributed by atoms with van der Waals surface area (Å²) < 4.78 is 0. The van der Waals surface area contributed by atoms with Crippen molar-refractivity contribution in [2.45, 2.75) is 5.37 Å². The Labute approximate surface area is 46.4 Å². The zero-order valence-corrected chi connectivity index (χ0v) is 4.66. The molecule has 2 aliphatic rings. The number of rotatable bonds is 0. The summed E-state index contributed by atoms with van der Waals surface area (Å²) in [5, 5.41) is 3.85. The van der Waals surface area contributed by atoms with E-state index in [-0.39, 0.29) is 0 Å². The van der Waals surface area contributed by atoms with Crippen LogP contribution in [0, 0.1) is 0 Å². The van der Waals surface area contributed by atoms with Crippen LogP contribution in [0.3, 0.4) is 0 Å². The minimum Gasteiger partial charge on any atom is -0.295 e. The third-order valence-corrected chi connectivity index (χ3v) is 2.33. The van der Waals surface area contributed by atoms with Crippen LogP contribution in [0.15, 0.2) is 4.99 Å². The first-order valence-electron chi connectivity index (χ1n) is 2.35. The van der Waals surface area contributed by atoms with Crippen LogP contribution < -0.4 is 5.32 Å². The summed E-state index contributed by atoms with van der Waals surface area (Å²) in [5.74, 6) is 0.979. The van der Waals surface area contributed by atoms with E-state index in [4.69, 9.17) is 0 Å². The third-order valence-electron chi connectivity index (χ3n) is 1.28. The molecule has 1 saturated heterocycles. The summed E-state index contributed by atoms with van der Waals surface area (Å²) in [7, 11) is 0. The number of aliphatic imine (C=N–C) groups is 1. The normalized spacial score (nSPS) is 36.6. The van der Waals surface area contributed by atoms with E-state index in [0.29, 0.717) is 5.37 Å². The lowest BCUT2D eigenvalue weighted by atomic mass is 10.2. The molecule has 2 nitrogen and oxygen atoms in total. The van der Waals surface area contributed by atoms with E-state index in [1.54, 1.807) is 0 Å². The second-order valence-electron chi connectivity index (χ2n) is 1.71. The van der Waals surface area contributed by atoms with Crippen molar-refractivity contribution in [2.24, 2.45) is 4.99 Å². The molecule has 3 heteroatoms. The van der Waals surface area contributed by atoms with Crippen LogP contribution >= 0.6 is 11.8 Å². The Balaban J connectivity index is 2.21. The van der Waals surface area contributed by atoms with Crippen molar-refractivity contribution in [1.29, 1.82) is 0 Å². The lowest BCUT2D eigenvalue weighted by Crippen LogP contribution is -2.49. The van der Waals surface area contributed by atoms with E-state index in [0.717, 1.165) is 12.4 Å². The molecule has 1 N–H and O–H groups in total. The SMILES string of the molecule is C1N=C2CNC2S1. The van der Waals surface area contributed by atoms with E-state index in [2.05, 4.69) is 10.3 Å². The van der Waals surface area contributed by atoms with Crippen molar-refractivity contribution in [3.63, 3.8) is 0 Å². The summed E-state index contributed by atoms with van der Waals surface area (Å²) >= 11 is 1.88. The number of hydrogen-bond donors (Lipinski definition) is 1. The Hall–Kier alpha value is -0.0200. The Morgan fingerprint density at radius 3 is 3.14 bits per heavy atom. The number of hydrogen-bond acceptors (Lipinski definition) is 3. The van der Waals surface area contributed by atoms with Crippen LogP contribution in [0.4, 0.5) is 0 Å². The van der Waals surface area contributed by atoms with Gasteiger partial charge in [0.2, 0.25) is 0 Å². The molecule has 2 aliphatic heterocycles. The Morgan fingerprint density at radius 2 is 2.86 bits per heavy atom. The Bertz CT molecular complexity index is 121. The van der Waals surface area contributed by atoms with Crippen molar-refractivity contribution in [3.05, 3.63) is 0 Å². The summed E-state index contributed by atoms with van der Waals surface area (Å²) in [4.78, 5) is 4.22. The molecular weight excluding hydrogens is 108 g/mol. The lowest BCUT2D eigenvalue weighted by Gasteiger charge is -2.22. The van der Waals surface area contributed by atoms with Crippen molar-refractivity contribution in [1.82, 2.24) is 5.32 Å². The van der Waals surface area contributed by atoms with Gasteiger partial charge in [-0.05, 0) is 0 Å². The van der Waals surface area contributed by atoms with Crippen LogP contribution in [0.5, 0.6) is 0 Å². The van der Waals surface area contributed by atoms with Gasteiger partial charge in [-0.15, -0.1) is 11.8 Å². The maximum atomic E-state index is 4.22. The van der Waals surface area contributed by atoms with Gasteiger partial charge in [0.1, 0.15) is 0 Å². The molecule has 1 unspecified atom stereocenters. The molecule has 0 aromatic heterocycles. The van der Waals surface area contributed by atoms with Crippen molar-refractivity contribution >= 4 is 17.5 Å². The molecule has 0 aromatic rings. The average Bonchev–Trinajstić information content (AvgIpc) is 1.85. The van der Waals surface area contributed by atoms with Crippen molar-refractivity contribution < 1.29 is 0 Å². The van der Waals surface area contributed by atoms with Gasteiger partial charge >= 0.3 is 0 Å². The largest absolute Gasteiger partial charge is 0.295 e. The maximum Gasteiger partial charge on any atom is 0.0953 e. The molecule has 1 atom stereocenters. The molecule has 2 rings (SSSR count). The van der Waals surface area contributed by atoms with Gasteiger partial charge in [-0.1, -0.05) is 0 Å². The second kappa shape index (κ2) is 1.23. The first-order chi connectivity index (χ1) is 3.47. The molecule has 0 saturated carbocycles. The van der Waals surface area contributed by atoms with Gasteiger partial charge in [-0.3, -0.25) is 10.3 Å². The van der Waals surface area contributed by atoms with Crippen LogP contribution in [0.2, 0.25) is 0 Å². The lowest BCUT2D eigenvalue weighted by molar-refractivity contribution is 0.752. The standard InChI is InChI=1S/C4H6N2S/c1-3-4(5-1)7-2-6-3/h4-5H,1-2H2. The van der Waals surface area contributed by atoms with Crippen molar-refractivity contribution in [2.75, 3.05) is 12.4 Å². The highest BCUT2D eigenvalue weighted by Gasteiger charge is 2.28. The fraction of sp³-hybridized carbons (Fsp3) is 0.750. The minimum absolute atomic E-state index is 0.611. The van der Waals surface area contributed by atoms with Crippen LogP contribution in [0.25, 0.3) is 0 Å². The van der Waals surface area contributed by atoms with Gasteiger partial charge < -0.3 is 0 Å². The Morgan fingerprint density at radius 1 is 1.86 bits per heavy atom. The van der Waals surface area contributed by atoms with Gasteiger partial charge in [0.25, 0.3) is 0 Å². The van der Waals surface area contributed by atoms with Crippen molar-refractivity contribution in [3.8, 4) is 0 Å². The predicted molar refractivity (Wildman–Crippen MR) is 31.7 cm³/mol. The van der Waals surface area contributed by atoms with E-state index >= 15 is 0 Å². The molecular formula is C4H6N2S. The topological polar surface area (TPSA) is 24.4 Å². The van der Waals surface area contributed by atoms with E-state index in [1.807, 2.05) is 11.8 Å². The Kier molecular flexibility index (Phi) is 0.689. The first-order valence-corrected chi connectivity index (χ1v) is 3.40. The smallest absolute Gasteiger partial charge is 0.0953 e. The quantitative estimate of drug-likeness (QED) is 0.481. The fourth-order valence-corrected chi connectivity index (χ4v) is 1.71. The van der Waals surface area contributed by atoms with Gasteiger partial charge in [-0.2, -0.15) is 0 Å². The van der Waals surface area contributed by atoms with Gasteiger partial charge in [0, 0.05) is 6.54 Å². The molecule has 7 heavy (non-hydrogen) atoms. The van der Waals surface area contributed by atoms with Crippen LogP contribution in [-0.4, -0.2) is 23.5 Å². The number of nitrogens with one attached hydrogen (secondary N) is 1. The summed E-state index contributed by atoms with van der Waals surface area (Å²) in [6.07, 6.45) is 0. The van der Waals surface area contributed by atoms with Gasteiger partial charge in [0.15, 0.2) is 0 Å². The molecule has 0 amide bonds. The first kappa shape index (κ1) is 3.92. The maximum absolute atomic E-state index is 4.22. The highest BCUT2D eigenvalue weighted by Crippen LogP contribution is 2.22. The molecule has 38 valence electrons. The molecule has 2 heterocycles. The molecule has 0 aliphatic carbocycles. The number of thioether (sulfide) groups is 1. The monoisotopic (exact) mass is 114 g/mol. The zero-order valence-electron chi connectivity index (χ0n) is 3.85. The van der Waals surface area contributed by atoms with Crippen LogP contribution in [0.1, 0.15) is 0 Å². The number of nitrogens with zero attached hydrogens (tertiary/aromatic N) is 1. The zero-order chi connectivity index (χ0) is 4.69. The average molecular weight is 114 g/mol. The van der Waals surface area contributed by atoms with E-state index in [1.165, 1.54) is 5.71 Å². The summed E-state index contributed by atoms with van der Waals surface area (Å²) in [6, 6.07) is 0. The molecule has 0 spiro atoms. The highest BCUT2D eigenvalue weighted by atomic mass is 32.2. The summed E-state index contributed by atoms with van der Waals surface area (Å²) in [5.41, 5.74) is 1.37. The number of fused-ring (bicyclic) bond motifs is 1. The second-order valence-corrected chi connectivity index (χ2v) is 2.77. The van der Waals surface area contributed by atoms with E-state index < -0.39 is 0 Å².